The average Bonchev–Trinajstić information content (AvgIpc) is 2.76. The maximum atomic E-state index is 12.2. The van der Waals surface area contributed by atoms with Crippen LogP contribution in [0, 0.1) is 0 Å². The van der Waals surface area contributed by atoms with Crippen LogP contribution in [-0.2, 0) is 4.79 Å². The molecular formula is C22H28N2O6. The highest BCUT2D eigenvalue weighted by molar-refractivity contribution is 5.96. The molecule has 0 heterocycles. The lowest BCUT2D eigenvalue weighted by molar-refractivity contribution is -0.119. The number of benzene rings is 2. The van der Waals surface area contributed by atoms with Gasteiger partial charge < -0.3 is 35.1 Å². The molecule has 0 aliphatic rings. The van der Waals surface area contributed by atoms with E-state index in [1.807, 2.05) is 30.4 Å². The molecule has 30 heavy (non-hydrogen) atoms. The highest BCUT2D eigenvalue weighted by atomic mass is 16.5. The van der Waals surface area contributed by atoms with E-state index in [2.05, 4.69) is 5.32 Å². The number of carbonyl (C=O) groups is 1. The number of ether oxygens (including phenoxy) is 4. The fraction of sp³-hybridized carbons (Fsp3) is 0.318. The first-order valence-electron chi connectivity index (χ1n) is 9.25. The van der Waals surface area contributed by atoms with E-state index in [0.717, 1.165) is 11.1 Å². The minimum atomic E-state index is -1.05. The van der Waals surface area contributed by atoms with Crippen LogP contribution in [0.4, 0.5) is 5.69 Å². The van der Waals surface area contributed by atoms with Gasteiger partial charge in [-0.05, 0) is 42.3 Å². The Kier molecular flexibility index (Phi) is 8.08. The number of aliphatic hydroxyl groups excluding tert-OH is 1. The molecule has 162 valence electrons. The van der Waals surface area contributed by atoms with Crippen molar-refractivity contribution < 1.29 is 28.8 Å². The van der Waals surface area contributed by atoms with E-state index in [9.17, 15) is 9.90 Å². The zero-order chi connectivity index (χ0) is 22.3. The molecule has 2 atom stereocenters. The summed E-state index contributed by atoms with van der Waals surface area (Å²) in [6, 6.07) is 7.93. The van der Waals surface area contributed by atoms with Crippen molar-refractivity contribution in [3.63, 3.8) is 0 Å². The molecule has 0 aliphatic heterocycles. The number of nitrogens with one attached hydrogen (secondary N) is 1. The number of hydrogen-bond donors (Lipinski definition) is 3. The lowest BCUT2D eigenvalue weighted by Crippen LogP contribution is -2.43. The van der Waals surface area contributed by atoms with Gasteiger partial charge in [-0.3, -0.25) is 4.79 Å². The van der Waals surface area contributed by atoms with Gasteiger partial charge in [0.1, 0.15) is 11.8 Å². The van der Waals surface area contributed by atoms with Gasteiger partial charge in [-0.15, -0.1) is 0 Å². The van der Waals surface area contributed by atoms with Gasteiger partial charge in [0.15, 0.2) is 11.5 Å². The van der Waals surface area contributed by atoms with E-state index in [4.69, 9.17) is 24.7 Å². The quantitative estimate of drug-likeness (QED) is 0.539. The summed E-state index contributed by atoms with van der Waals surface area (Å²) in [5, 5.41) is 12.2. The summed E-state index contributed by atoms with van der Waals surface area (Å²) in [4.78, 5) is 12.2. The minimum absolute atomic E-state index is 0.450. The van der Waals surface area contributed by atoms with E-state index in [0.29, 0.717) is 28.7 Å². The number of methoxy groups -OCH3 is 4. The molecule has 0 radical (unpaired) electrons. The van der Waals surface area contributed by atoms with Crippen LogP contribution in [0.25, 0.3) is 12.2 Å². The van der Waals surface area contributed by atoms with Crippen LogP contribution in [0.1, 0.15) is 18.1 Å². The molecule has 1 amide bonds. The van der Waals surface area contributed by atoms with Crippen LogP contribution >= 0.6 is 0 Å². The van der Waals surface area contributed by atoms with Crippen LogP contribution in [0.5, 0.6) is 23.0 Å². The fourth-order valence-electron chi connectivity index (χ4n) is 2.75. The van der Waals surface area contributed by atoms with Crippen LogP contribution in [-0.4, -0.2) is 51.6 Å². The van der Waals surface area contributed by atoms with Gasteiger partial charge in [0.05, 0.1) is 40.2 Å². The molecule has 0 saturated heterocycles. The van der Waals surface area contributed by atoms with Crippen molar-refractivity contribution >= 4 is 23.7 Å². The standard InChI is InChI=1S/C22H28N2O6/c1-13(25)20(23)22(26)24-16-10-14(8-9-17(16)27-2)6-7-15-11-18(28-3)21(30-5)19(12-15)29-4/h6-13,20,25H,23H2,1-5H3,(H,24,26)/t13-,20+/m1/s1. The van der Waals surface area contributed by atoms with E-state index < -0.39 is 18.1 Å². The van der Waals surface area contributed by atoms with Gasteiger partial charge in [-0.2, -0.15) is 0 Å². The second-order valence-corrected chi connectivity index (χ2v) is 6.51. The molecule has 0 aliphatic carbocycles. The number of amides is 1. The van der Waals surface area contributed by atoms with Gasteiger partial charge in [0.2, 0.25) is 11.7 Å². The smallest absolute Gasteiger partial charge is 0.244 e. The van der Waals surface area contributed by atoms with Crippen molar-refractivity contribution in [3.05, 3.63) is 41.5 Å². The maximum absolute atomic E-state index is 12.2. The molecule has 0 aromatic heterocycles. The Hall–Kier alpha value is -3.23. The number of aliphatic hydroxyl groups is 1. The molecule has 8 nitrogen and oxygen atoms in total. The molecule has 2 rings (SSSR count). The van der Waals surface area contributed by atoms with E-state index in [-0.39, 0.29) is 0 Å². The zero-order valence-corrected chi connectivity index (χ0v) is 17.8. The van der Waals surface area contributed by atoms with E-state index >= 15 is 0 Å². The number of rotatable bonds is 9. The number of anilines is 1. The third-order valence-electron chi connectivity index (χ3n) is 4.46. The van der Waals surface area contributed by atoms with Gasteiger partial charge >= 0.3 is 0 Å². The third kappa shape index (κ3) is 5.43. The van der Waals surface area contributed by atoms with Gasteiger partial charge in [0, 0.05) is 0 Å². The van der Waals surface area contributed by atoms with Crippen molar-refractivity contribution in [1.82, 2.24) is 0 Å². The Balaban J connectivity index is 2.33. The third-order valence-corrected chi connectivity index (χ3v) is 4.46. The lowest BCUT2D eigenvalue weighted by atomic mass is 10.1. The molecule has 0 unspecified atom stereocenters. The van der Waals surface area contributed by atoms with Crippen LogP contribution < -0.4 is 30.0 Å². The number of carbonyl (C=O) groups excluding carboxylic acids is 1. The molecule has 2 aromatic carbocycles. The average molecular weight is 416 g/mol. The Bertz CT molecular complexity index is 885. The maximum Gasteiger partial charge on any atom is 0.244 e. The van der Waals surface area contributed by atoms with Gasteiger partial charge in [-0.1, -0.05) is 18.2 Å². The minimum Gasteiger partial charge on any atom is -0.495 e. The van der Waals surface area contributed by atoms with Crippen molar-refractivity contribution in [2.75, 3.05) is 33.8 Å². The predicted octanol–water partition coefficient (Wildman–Crippen LogP) is 2.54. The molecule has 8 heteroatoms. The first-order valence-corrected chi connectivity index (χ1v) is 9.25. The Labute approximate surface area is 176 Å². The van der Waals surface area contributed by atoms with Crippen LogP contribution in [0.3, 0.4) is 0 Å². The second kappa shape index (κ2) is 10.5. The first-order chi connectivity index (χ1) is 14.3. The summed E-state index contributed by atoms with van der Waals surface area (Å²) in [6.45, 7) is 1.46. The summed E-state index contributed by atoms with van der Waals surface area (Å²) in [5.41, 5.74) is 7.80. The van der Waals surface area contributed by atoms with Gasteiger partial charge in [-0.25, -0.2) is 0 Å². The number of hydrogen-bond acceptors (Lipinski definition) is 7. The molecular weight excluding hydrogens is 388 g/mol. The van der Waals surface area contributed by atoms with Crippen LogP contribution in [0.2, 0.25) is 0 Å². The Morgan fingerprint density at radius 1 is 0.933 bits per heavy atom. The highest BCUT2D eigenvalue weighted by Gasteiger charge is 2.20. The van der Waals surface area contributed by atoms with E-state index in [1.165, 1.54) is 14.0 Å². The van der Waals surface area contributed by atoms with Crippen molar-refractivity contribution in [1.29, 1.82) is 0 Å². The summed E-state index contributed by atoms with van der Waals surface area (Å²) < 4.78 is 21.4. The summed E-state index contributed by atoms with van der Waals surface area (Å²) >= 11 is 0. The number of nitrogens with two attached hydrogens (primary N) is 1. The van der Waals surface area contributed by atoms with Crippen molar-refractivity contribution in [2.45, 2.75) is 19.1 Å². The normalized spacial score (nSPS) is 12.9. The van der Waals surface area contributed by atoms with Gasteiger partial charge in [0.25, 0.3) is 0 Å². The molecule has 0 fully saturated rings. The first kappa shape index (κ1) is 23.1. The van der Waals surface area contributed by atoms with E-state index in [1.54, 1.807) is 33.5 Å². The molecule has 0 saturated carbocycles. The van der Waals surface area contributed by atoms with Crippen LogP contribution in [0.15, 0.2) is 30.3 Å². The monoisotopic (exact) mass is 416 g/mol. The molecule has 0 bridgehead atoms. The fourth-order valence-corrected chi connectivity index (χ4v) is 2.75. The van der Waals surface area contributed by atoms with Crippen molar-refractivity contribution in [3.8, 4) is 23.0 Å². The zero-order valence-electron chi connectivity index (χ0n) is 17.8. The largest absolute Gasteiger partial charge is 0.495 e. The summed E-state index contributed by atoms with van der Waals surface area (Å²) in [7, 11) is 6.17. The Morgan fingerprint density at radius 2 is 1.50 bits per heavy atom. The second-order valence-electron chi connectivity index (χ2n) is 6.51. The highest BCUT2D eigenvalue weighted by Crippen LogP contribution is 2.38. The summed E-state index contributed by atoms with van der Waals surface area (Å²) in [6.07, 6.45) is 2.77. The SMILES string of the molecule is COc1ccc(C=Cc2cc(OC)c(OC)c(OC)c2)cc1NC(=O)[C@@H](N)[C@@H](C)O. The Morgan fingerprint density at radius 3 is 2.00 bits per heavy atom. The summed E-state index contributed by atoms with van der Waals surface area (Å²) in [5.74, 6) is 1.58. The molecule has 2 aromatic rings. The lowest BCUT2D eigenvalue weighted by Gasteiger charge is -2.16. The van der Waals surface area contributed by atoms with Crippen molar-refractivity contribution in [2.24, 2.45) is 5.73 Å². The topological polar surface area (TPSA) is 112 Å². The molecule has 4 N–H and O–H groups in total. The molecule has 0 spiro atoms. The predicted molar refractivity (Wildman–Crippen MR) is 116 cm³/mol.